The zero-order valence-electron chi connectivity index (χ0n) is 22.2. The molecule has 200 valence electrons. The number of nitrogens with one attached hydrogen (secondary N) is 1. The molecule has 1 unspecified atom stereocenters. The topological polar surface area (TPSA) is 115 Å². The highest BCUT2D eigenvalue weighted by Gasteiger charge is 2.43. The molecule has 0 aliphatic carbocycles. The molecule has 2 bridgehead atoms. The van der Waals surface area contributed by atoms with Gasteiger partial charge in [0.15, 0.2) is 15.2 Å². The van der Waals surface area contributed by atoms with Crippen LogP contribution in [0.3, 0.4) is 0 Å². The van der Waals surface area contributed by atoms with E-state index in [9.17, 15) is 9.90 Å². The van der Waals surface area contributed by atoms with Crippen LogP contribution in [0.15, 0.2) is 0 Å². The van der Waals surface area contributed by atoms with Crippen LogP contribution in [0.4, 0.5) is 10.6 Å². The van der Waals surface area contributed by atoms with Crippen LogP contribution in [-0.4, -0.2) is 69.4 Å². The highest BCUT2D eigenvalue weighted by atomic mass is 127. The first-order valence-electron chi connectivity index (χ1n) is 12.7. The Bertz CT molecular complexity index is 1080. The first kappa shape index (κ1) is 27.5. The fourth-order valence-electron chi connectivity index (χ4n) is 5.02. The van der Waals surface area contributed by atoms with Gasteiger partial charge in [-0.15, -0.1) is 0 Å². The Balaban J connectivity index is 1.53. The summed E-state index contributed by atoms with van der Waals surface area (Å²) in [4.78, 5) is 24.4. The number of hydrogen-bond acceptors (Lipinski definition) is 8. The average molecular weight is 631 g/mol. The summed E-state index contributed by atoms with van der Waals surface area (Å²) < 4.78 is 13.9. The molecule has 4 rings (SSSR count). The number of aromatic nitrogens is 4. The molecule has 36 heavy (non-hydrogen) atoms. The smallest absolute Gasteiger partial charge is 0.407 e. The molecule has 12 heteroatoms. The Morgan fingerprint density at radius 2 is 1.86 bits per heavy atom. The van der Waals surface area contributed by atoms with E-state index < -0.39 is 13.7 Å². The monoisotopic (exact) mass is 630 g/mol. The molecule has 3 atom stereocenters. The number of anilines is 1. The number of rotatable bonds is 8. The molecular formula is C24H39IN6O4Si. The molecule has 2 aliphatic rings. The summed E-state index contributed by atoms with van der Waals surface area (Å²) in [5.41, 5.74) is 1.40. The number of ether oxygens (including phenoxy) is 2. The molecular weight excluding hydrogens is 591 g/mol. The van der Waals surface area contributed by atoms with Crippen LogP contribution in [0.5, 0.6) is 0 Å². The SMILES string of the molecule is CC(C)(C)OC(=O)NC1C[C@H]2CC[C@@H](C1)N2c1nc2c(nc1CO)c(I)nn2COCC[Si](C)(C)C. The maximum atomic E-state index is 12.3. The van der Waals surface area contributed by atoms with Crippen molar-refractivity contribution in [1.82, 2.24) is 25.1 Å². The number of hydrogen-bond donors (Lipinski definition) is 2. The van der Waals surface area contributed by atoms with Gasteiger partial charge in [0.25, 0.3) is 0 Å². The number of aliphatic hydroxyl groups excluding tert-OH is 1. The third kappa shape index (κ3) is 6.48. The van der Waals surface area contributed by atoms with Crippen LogP contribution in [0.25, 0.3) is 11.2 Å². The number of carbonyl (C=O) groups is 1. The lowest BCUT2D eigenvalue weighted by Crippen LogP contribution is -2.51. The summed E-state index contributed by atoms with van der Waals surface area (Å²) in [6.07, 6.45) is 3.26. The van der Waals surface area contributed by atoms with E-state index in [1.807, 2.05) is 20.8 Å². The van der Waals surface area contributed by atoms with Gasteiger partial charge in [-0.1, -0.05) is 19.6 Å². The molecule has 2 aromatic heterocycles. The lowest BCUT2D eigenvalue weighted by molar-refractivity contribution is 0.0492. The van der Waals surface area contributed by atoms with E-state index in [1.165, 1.54) is 0 Å². The number of piperidine rings is 1. The second-order valence-corrected chi connectivity index (χ2v) is 18.7. The Labute approximate surface area is 227 Å². The number of halogens is 1. The summed E-state index contributed by atoms with van der Waals surface area (Å²) in [7, 11) is -1.18. The normalized spacial score (nSPS) is 22.3. The number of alkyl carbamates (subject to hydrolysis) is 1. The summed E-state index contributed by atoms with van der Waals surface area (Å²) in [6.45, 7) is 13.4. The predicted molar refractivity (Wildman–Crippen MR) is 150 cm³/mol. The second kappa shape index (κ2) is 10.7. The van der Waals surface area contributed by atoms with Gasteiger partial charge in [0, 0.05) is 32.8 Å². The molecule has 2 aromatic rings. The van der Waals surface area contributed by atoms with Crippen LogP contribution in [0.2, 0.25) is 25.7 Å². The van der Waals surface area contributed by atoms with E-state index in [2.05, 4.69) is 57.5 Å². The van der Waals surface area contributed by atoms with Gasteiger partial charge in [-0.3, -0.25) is 0 Å². The van der Waals surface area contributed by atoms with Crippen molar-refractivity contribution in [2.45, 2.75) is 109 Å². The van der Waals surface area contributed by atoms with Crippen molar-refractivity contribution >= 4 is 53.7 Å². The van der Waals surface area contributed by atoms with Crippen LogP contribution in [-0.2, 0) is 22.8 Å². The number of fused-ring (bicyclic) bond motifs is 3. The summed E-state index contributed by atoms with van der Waals surface area (Å²) >= 11 is 2.16. The number of nitrogens with zero attached hydrogens (tertiary/aromatic N) is 5. The standard InChI is InChI=1S/C24H39IN6O4Si/c1-24(2,3)35-23(33)26-15-11-16-7-8-17(12-15)31(16)21-18(13-32)27-19-20(25)29-30(22(19)28-21)14-34-9-10-36(4,5)6/h15-17,32H,7-14H2,1-6H3,(H,26,33)/t15?,16-,17+. The second-order valence-electron chi connectivity index (χ2n) is 12.1. The largest absolute Gasteiger partial charge is 0.444 e. The van der Waals surface area contributed by atoms with Gasteiger partial charge >= 0.3 is 6.09 Å². The van der Waals surface area contributed by atoms with Crippen LogP contribution in [0.1, 0.15) is 52.1 Å². The van der Waals surface area contributed by atoms with Gasteiger partial charge in [0.1, 0.15) is 23.5 Å². The van der Waals surface area contributed by atoms with Gasteiger partial charge in [-0.25, -0.2) is 19.4 Å². The summed E-state index contributed by atoms with van der Waals surface area (Å²) in [5.74, 6) is 0.716. The van der Waals surface area contributed by atoms with Crippen LogP contribution >= 0.6 is 22.6 Å². The molecule has 0 saturated carbocycles. The van der Waals surface area contributed by atoms with Crippen LogP contribution < -0.4 is 10.2 Å². The minimum Gasteiger partial charge on any atom is -0.444 e. The van der Waals surface area contributed by atoms with Crippen molar-refractivity contribution in [1.29, 1.82) is 0 Å². The third-order valence-electron chi connectivity index (χ3n) is 6.64. The van der Waals surface area contributed by atoms with Crippen molar-refractivity contribution in [2.24, 2.45) is 0 Å². The van der Waals surface area contributed by atoms with Gasteiger partial charge in [-0.2, -0.15) is 5.10 Å². The zero-order valence-corrected chi connectivity index (χ0v) is 25.3. The number of aliphatic hydroxyl groups is 1. The Hall–Kier alpha value is -1.51. The van der Waals surface area contributed by atoms with E-state index in [0.717, 1.165) is 35.4 Å². The van der Waals surface area contributed by atoms with Gasteiger partial charge in [-0.05, 0) is 75.1 Å². The molecule has 0 aromatic carbocycles. The predicted octanol–water partition coefficient (Wildman–Crippen LogP) is 4.26. The highest BCUT2D eigenvalue weighted by molar-refractivity contribution is 14.1. The average Bonchev–Trinajstić information content (AvgIpc) is 3.20. The van der Waals surface area contributed by atoms with Crippen molar-refractivity contribution in [3.05, 3.63) is 9.39 Å². The maximum Gasteiger partial charge on any atom is 0.407 e. The first-order valence-corrected chi connectivity index (χ1v) is 17.5. The van der Waals surface area contributed by atoms with Crippen molar-refractivity contribution in [3.63, 3.8) is 0 Å². The van der Waals surface area contributed by atoms with Gasteiger partial charge < -0.3 is 24.8 Å². The molecule has 2 saturated heterocycles. The molecule has 10 nitrogen and oxygen atoms in total. The number of carbonyl (C=O) groups excluding carboxylic acids is 1. The van der Waals surface area contributed by atoms with Gasteiger partial charge in [0.05, 0.1) is 6.61 Å². The van der Waals surface area contributed by atoms with E-state index in [-0.39, 0.29) is 30.8 Å². The summed E-state index contributed by atoms with van der Waals surface area (Å²) in [5, 5.41) is 17.8. The van der Waals surface area contributed by atoms with Crippen molar-refractivity contribution < 1.29 is 19.4 Å². The zero-order chi connectivity index (χ0) is 26.3. The fourth-order valence-corrected chi connectivity index (χ4v) is 6.40. The lowest BCUT2D eigenvalue weighted by Gasteiger charge is -2.40. The fraction of sp³-hybridized carbons (Fsp3) is 0.750. The maximum absolute atomic E-state index is 12.3. The lowest BCUT2D eigenvalue weighted by atomic mass is 9.97. The number of amides is 1. The molecule has 2 N–H and O–H groups in total. The van der Waals surface area contributed by atoms with Crippen molar-refractivity contribution in [2.75, 3.05) is 11.5 Å². The Kier molecular flexibility index (Phi) is 8.18. The van der Waals surface area contributed by atoms with Crippen LogP contribution in [0, 0.1) is 3.70 Å². The van der Waals surface area contributed by atoms with Crippen molar-refractivity contribution in [3.8, 4) is 0 Å². The van der Waals surface area contributed by atoms with E-state index in [0.29, 0.717) is 36.0 Å². The molecule has 4 heterocycles. The third-order valence-corrected chi connectivity index (χ3v) is 9.07. The van der Waals surface area contributed by atoms with Gasteiger partial charge in [0.2, 0.25) is 0 Å². The molecule has 2 fully saturated rings. The Morgan fingerprint density at radius 1 is 1.19 bits per heavy atom. The van der Waals surface area contributed by atoms with E-state index in [4.69, 9.17) is 19.4 Å². The molecule has 0 spiro atoms. The highest BCUT2D eigenvalue weighted by Crippen LogP contribution is 2.40. The first-order chi connectivity index (χ1) is 16.8. The summed E-state index contributed by atoms with van der Waals surface area (Å²) in [6, 6.07) is 1.56. The molecule has 0 radical (unpaired) electrons. The quantitative estimate of drug-likeness (QED) is 0.253. The van der Waals surface area contributed by atoms with E-state index >= 15 is 0 Å². The minimum atomic E-state index is -1.18. The van der Waals surface area contributed by atoms with E-state index in [1.54, 1.807) is 4.68 Å². The molecule has 2 aliphatic heterocycles. The Morgan fingerprint density at radius 3 is 2.44 bits per heavy atom. The minimum absolute atomic E-state index is 0.0501. The molecule has 1 amide bonds.